The Labute approximate surface area is 99.8 Å². The summed E-state index contributed by atoms with van der Waals surface area (Å²) in [7, 11) is -2.76. The topological polar surface area (TPSA) is 73.1 Å². The number of nitrogens with zero attached hydrogens (tertiary/aromatic N) is 1. The van der Waals surface area contributed by atoms with Crippen molar-refractivity contribution in [2.24, 2.45) is 11.7 Å². The van der Waals surface area contributed by atoms with Gasteiger partial charge in [-0.2, -0.15) is 0 Å². The molecule has 1 fully saturated rings. The van der Waals surface area contributed by atoms with Gasteiger partial charge in [0.05, 0.1) is 22.2 Å². The zero-order valence-corrected chi connectivity index (χ0v) is 10.7. The molecule has 0 aliphatic carbocycles. The minimum Gasteiger partial charge on any atom is -0.330 e. The highest BCUT2D eigenvalue weighted by atomic mass is 32.2. The van der Waals surface area contributed by atoms with Gasteiger partial charge in [-0.05, 0) is 18.9 Å². The Kier molecular flexibility index (Phi) is 3.61. The fourth-order valence-corrected chi connectivity index (χ4v) is 4.79. The molecule has 1 aliphatic heterocycles. The largest absolute Gasteiger partial charge is 0.330 e. The summed E-state index contributed by atoms with van der Waals surface area (Å²) in [5.74, 6) is 0.944. The molecular formula is C10H16N2O2S2. The van der Waals surface area contributed by atoms with Crippen LogP contribution in [-0.2, 0) is 22.7 Å². The average Bonchev–Trinajstić information content (AvgIpc) is 2.75. The Balaban J connectivity index is 1.94. The summed E-state index contributed by atoms with van der Waals surface area (Å²) in [6.07, 6.45) is 2.39. The Morgan fingerprint density at radius 2 is 2.38 bits per heavy atom. The Hall–Kier alpha value is -0.460. The molecule has 4 nitrogen and oxygen atoms in total. The van der Waals surface area contributed by atoms with Gasteiger partial charge in [-0.25, -0.2) is 13.4 Å². The van der Waals surface area contributed by atoms with E-state index in [0.717, 1.165) is 30.0 Å². The van der Waals surface area contributed by atoms with Crippen LogP contribution in [0.3, 0.4) is 0 Å². The zero-order valence-electron chi connectivity index (χ0n) is 9.05. The van der Waals surface area contributed by atoms with Gasteiger partial charge in [-0.1, -0.05) is 0 Å². The molecule has 2 rings (SSSR count). The molecule has 1 aliphatic rings. The number of sulfone groups is 1. The summed E-state index contributed by atoms with van der Waals surface area (Å²) >= 11 is 1.61. The molecule has 0 amide bonds. The molecule has 2 heterocycles. The lowest BCUT2D eigenvalue weighted by atomic mass is 10.1. The first-order chi connectivity index (χ1) is 7.59. The van der Waals surface area contributed by atoms with E-state index in [4.69, 9.17) is 5.73 Å². The van der Waals surface area contributed by atoms with Crippen molar-refractivity contribution in [2.45, 2.75) is 19.3 Å². The highest BCUT2D eigenvalue weighted by molar-refractivity contribution is 7.91. The second-order valence-electron chi connectivity index (χ2n) is 4.24. The van der Waals surface area contributed by atoms with Crippen LogP contribution in [0.2, 0.25) is 0 Å². The number of hydrogen-bond acceptors (Lipinski definition) is 5. The van der Waals surface area contributed by atoms with E-state index in [1.165, 1.54) is 0 Å². The summed E-state index contributed by atoms with van der Waals surface area (Å²) in [5.41, 5.74) is 6.49. The molecule has 1 atom stereocenters. The van der Waals surface area contributed by atoms with E-state index in [0.29, 0.717) is 18.1 Å². The van der Waals surface area contributed by atoms with Crippen molar-refractivity contribution in [3.63, 3.8) is 0 Å². The Morgan fingerprint density at radius 3 is 3.00 bits per heavy atom. The van der Waals surface area contributed by atoms with Gasteiger partial charge in [-0.3, -0.25) is 0 Å². The van der Waals surface area contributed by atoms with Crippen LogP contribution in [0.1, 0.15) is 17.1 Å². The highest BCUT2D eigenvalue weighted by Gasteiger charge is 2.28. The second-order valence-corrected chi connectivity index (χ2v) is 7.42. The normalized spacial score (nSPS) is 23.7. The lowest BCUT2D eigenvalue weighted by molar-refractivity contribution is 0.581. The molecule has 1 aromatic heterocycles. The summed E-state index contributed by atoms with van der Waals surface area (Å²) in [4.78, 5) is 4.45. The molecule has 0 radical (unpaired) electrons. The van der Waals surface area contributed by atoms with Gasteiger partial charge in [0.15, 0.2) is 9.84 Å². The molecule has 0 spiro atoms. The van der Waals surface area contributed by atoms with Gasteiger partial charge in [-0.15, -0.1) is 11.3 Å². The lowest BCUT2D eigenvalue weighted by Crippen LogP contribution is -2.07. The third-order valence-electron chi connectivity index (χ3n) is 2.79. The second kappa shape index (κ2) is 4.81. The fraction of sp³-hybridized carbons (Fsp3) is 0.700. The molecule has 1 aromatic rings. The van der Waals surface area contributed by atoms with Gasteiger partial charge < -0.3 is 5.73 Å². The Morgan fingerprint density at radius 1 is 1.56 bits per heavy atom. The quantitative estimate of drug-likeness (QED) is 0.861. The maximum atomic E-state index is 11.3. The van der Waals surface area contributed by atoms with E-state index in [-0.39, 0.29) is 5.92 Å². The van der Waals surface area contributed by atoms with E-state index in [2.05, 4.69) is 4.98 Å². The number of hydrogen-bond donors (Lipinski definition) is 1. The van der Waals surface area contributed by atoms with Crippen molar-refractivity contribution in [3.05, 3.63) is 16.1 Å². The summed E-state index contributed by atoms with van der Waals surface area (Å²) in [6, 6.07) is 0. The summed E-state index contributed by atoms with van der Waals surface area (Å²) in [5, 5.41) is 3.07. The monoisotopic (exact) mass is 260 g/mol. The summed E-state index contributed by atoms with van der Waals surface area (Å²) < 4.78 is 22.6. The van der Waals surface area contributed by atoms with E-state index in [1.54, 1.807) is 11.3 Å². The first-order valence-electron chi connectivity index (χ1n) is 5.43. The predicted molar refractivity (Wildman–Crippen MR) is 65.3 cm³/mol. The standard InChI is InChI=1S/C10H16N2O2S2/c11-3-1-9-6-15-10(12-9)5-8-2-4-16(13,14)7-8/h6,8H,1-5,7,11H2. The first kappa shape index (κ1) is 12.0. The number of aromatic nitrogens is 1. The zero-order chi connectivity index (χ0) is 11.6. The van der Waals surface area contributed by atoms with Crippen LogP contribution in [0.4, 0.5) is 0 Å². The van der Waals surface area contributed by atoms with Crippen molar-refractivity contribution in [2.75, 3.05) is 18.1 Å². The van der Waals surface area contributed by atoms with Crippen LogP contribution in [-0.4, -0.2) is 31.5 Å². The maximum absolute atomic E-state index is 11.3. The SMILES string of the molecule is NCCc1csc(CC2CCS(=O)(=O)C2)n1. The molecule has 16 heavy (non-hydrogen) atoms. The van der Waals surface area contributed by atoms with Crippen LogP contribution in [0.15, 0.2) is 5.38 Å². The summed E-state index contributed by atoms with van der Waals surface area (Å²) in [6.45, 7) is 0.612. The minimum atomic E-state index is -2.76. The van der Waals surface area contributed by atoms with Gasteiger partial charge in [0.2, 0.25) is 0 Å². The molecule has 0 aromatic carbocycles. The molecule has 2 N–H and O–H groups in total. The van der Waals surface area contributed by atoms with E-state index < -0.39 is 9.84 Å². The van der Waals surface area contributed by atoms with Gasteiger partial charge in [0.25, 0.3) is 0 Å². The van der Waals surface area contributed by atoms with Crippen LogP contribution in [0, 0.1) is 5.92 Å². The average molecular weight is 260 g/mol. The fourth-order valence-electron chi connectivity index (χ4n) is 1.99. The van der Waals surface area contributed by atoms with Crippen LogP contribution < -0.4 is 5.73 Å². The molecule has 0 saturated carbocycles. The van der Waals surface area contributed by atoms with Crippen molar-refractivity contribution in [3.8, 4) is 0 Å². The smallest absolute Gasteiger partial charge is 0.150 e. The van der Waals surface area contributed by atoms with Crippen molar-refractivity contribution >= 4 is 21.2 Å². The third kappa shape index (κ3) is 3.02. The third-order valence-corrected chi connectivity index (χ3v) is 5.55. The molecule has 90 valence electrons. The van der Waals surface area contributed by atoms with E-state index in [1.807, 2.05) is 5.38 Å². The number of thiazole rings is 1. The van der Waals surface area contributed by atoms with Gasteiger partial charge in [0, 0.05) is 18.2 Å². The van der Waals surface area contributed by atoms with Crippen molar-refractivity contribution in [1.82, 2.24) is 4.98 Å². The van der Waals surface area contributed by atoms with Crippen molar-refractivity contribution < 1.29 is 8.42 Å². The Bertz CT molecular complexity index is 453. The van der Waals surface area contributed by atoms with Crippen LogP contribution in [0.5, 0.6) is 0 Å². The molecular weight excluding hydrogens is 244 g/mol. The predicted octanol–water partition coefficient (Wildman–Crippen LogP) is 0.621. The van der Waals surface area contributed by atoms with Crippen LogP contribution in [0.25, 0.3) is 0 Å². The molecule has 1 saturated heterocycles. The molecule has 6 heteroatoms. The highest BCUT2D eigenvalue weighted by Crippen LogP contribution is 2.24. The van der Waals surface area contributed by atoms with Gasteiger partial charge in [0.1, 0.15) is 0 Å². The first-order valence-corrected chi connectivity index (χ1v) is 8.13. The van der Waals surface area contributed by atoms with Crippen LogP contribution >= 0.6 is 11.3 Å². The van der Waals surface area contributed by atoms with E-state index in [9.17, 15) is 8.42 Å². The maximum Gasteiger partial charge on any atom is 0.150 e. The lowest BCUT2D eigenvalue weighted by Gasteiger charge is -2.03. The van der Waals surface area contributed by atoms with E-state index >= 15 is 0 Å². The number of rotatable bonds is 4. The molecule has 1 unspecified atom stereocenters. The van der Waals surface area contributed by atoms with Crippen molar-refractivity contribution in [1.29, 1.82) is 0 Å². The number of nitrogens with two attached hydrogens (primary N) is 1. The molecule has 0 bridgehead atoms. The van der Waals surface area contributed by atoms with Gasteiger partial charge >= 0.3 is 0 Å². The minimum absolute atomic E-state index is 0.266.